The molecule has 0 aliphatic carbocycles. The van der Waals surface area contributed by atoms with Gasteiger partial charge in [-0.1, -0.05) is 26.0 Å². The lowest BCUT2D eigenvalue weighted by atomic mass is 10.1. The average molecular weight is 467 g/mol. The van der Waals surface area contributed by atoms with E-state index >= 15 is 0 Å². The summed E-state index contributed by atoms with van der Waals surface area (Å²) in [5, 5.41) is 6.54. The molecule has 1 rings (SSSR count). The van der Waals surface area contributed by atoms with E-state index in [1.807, 2.05) is 26.0 Å². The molecule has 24 heavy (non-hydrogen) atoms. The van der Waals surface area contributed by atoms with Crippen LogP contribution in [0.5, 0.6) is 0 Å². The Morgan fingerprint density at radius 3 is 2.42 bits per heavy atom. The lowest BCUT2D eigenvalue weighted by Gasteiger charge is -2.12. The van der Waals surface area contributed by atoms with Crippen molar-refractivity contribution in [2.75, 3.05) is 19.3 Å². The lowest BCUT2D eigenvalue weighted by molar-refractivity contribution is 0.573. The van der Waals surface area contributed by atoms with E-state index in [1.165, 1.54) is 6.26 Å². The summed E-state index contributed by atoms with van der Waals surface area (Å²) in [6, 6.07) is 5.37. The maximum absolute atomic E-state index is 11.6. The Labute approximate surface area is 163 Å². The van der Waals surface area contributed by atoms with Crippen molar-refractivity contribution in [3.05, 3.63) is 29.3 Å². The minimum Gasteiger partial charge on any atom is -0.357 e. The fourth-order valence-electron chi connectivity index (χ4n) is 2.22. The minimum atomic E-state index is -3.17. The number of nitrogens with one attached hydrogen (secondary N) is 2. The van der Waals surface area contributed by atoms with Gasteiger partial charge in [0.15, 0.2) is 15.8 Å². The first-order valence-corrected chi connectivity index (χ1v) is 9.95. The molecule has 0 fully saturated rings. The molecule has 0 aliphatic heterocycles. The van der Waals surface area contributed by atoms with Gasteiger partial charge in [0.25, 0.3) is 0 Å². The molecule has 0 amide bonds. The van der Waals surface area contributed by atoms with Crippen molar-refractivity contribution in [3.63, 3.8) is 0 Å². The quantitative estimate of drug-likeness (QED) is 0.367. The molecular formula is C17H30IN3O2S. The molecule has 0 spiro atoms. The summed E-state index contributed by atoms with van der Waals surface area (Å²) in [7, 11) is -3.17. The summed E-state index contributed by atoms with van der Waals surface area (Å²) in [5.41, 5.74) is 1.76. The molecule has 1 aromatic carbocycles. The fourth-order valence-corrected chi connectivity index (χ4v) is 3.18. The molecule has 0 saturated carbocycles. The summed E-state index contributed by atoms with van der Waals surface area (Å²) in [4.78, 5) is 4.94. The van der Waals surface area contributed by atoms with Gasteiger partial charge >= 0.3 is 0 Å². The van der Waals surface area contributed by atoms with Crippen molar-refractivity contribution in [2.45, 2.75) is 45.6 Å². The molecular weight excluding hydrogens is 437 g/mol. The zero-order valence-electron chi connectivity index (χ0n) is 15.2. The molecule has 0 atom stereocenters. The van der Waals surface area contributed by atoms with Gasteiger partial charge in [0, 0.05) is 19.3 Å². The van der Waals surface area contributed by atoms with Crippen LogP contribution in [0.15, 0.2) is 28.1 Å². The van der Waals surface area contributed by atoms with E-state index in [9.17, 15) is 8.42 Å². The monoisotopic (exact) mass is 467 g/mol. The number of aryl methyl sites for hydroxylation is 1. The second-order valence-corrected chi connectivity index (χ2v) is 8.16. The molecule has 0 radical (unpaired) electrons. The van der Waals surface area contributed by atoms with Crippen molar-refractivity contribution < 1.29 is 8.42 Å². The number of rotatable bonds is 7. The van der Waals surface area contributed by atoms with Crippen LogP contribution in [0.1, 0.15) is 38.3 Å². The highest BCUT2D eigenvalue weighted by Crippen LogP contribution is 2.17. The lowest BCUT2D eigenvalue weighted by Crippen LogP contribution is -2.38. The number of guanidine groups is 1. The molecule has 0 saturated heterocycles. The molecule has 0 unspecified atom stereocenters. The van der Waals surface area contributed by atoms with Crippen molar-refractivity contribution in [1.82, 2.24) is 10.6 Å². The molecule has 0 aromatic heterocycles. The van der Waals surface area contributed by atoms with Crippen LogP contribution in [-0.4, -0.2) is 33.7 Å². The second-order valence-electron chi connectivity index (χ2n) is 6.18. The zero-order chi connectivity index (χ0) is 17.5. The average Bonchev–Trinajstić information content (AvgIpc) is 2.43. The third-order valence-corrected chi connectivity index (χ3v) is 4.67. The van der Waals surface area contributed by atoms with Crippen molar-refractivity contribution >= 4 is 39.8 Å². The van der Waals surface area contributed by atoms with Crippen LogP contribution in [0.25, 0.3) is 0 Å². The van der Waals surface area contributed by atoms with Crippen LogP contribution in [0.2, 0.25) is 0 Å². The maximum atomic E-state index is 11.6. The van der Waals surface area contributed by atoms with Gasteiger partial charge in [-0.25, -0.2) is 13.4 Å². The Kier molecular flexibility index (Phi) is 10.5. The van der Waals surface area contributed by atoms with Crippen LogP contribution >= 0.6 is 24.0 Å². The third kappa shape index (κ3) is 8.32. The summed E-state index contributed by atoms with van der Waals surface area (Å²) >= 11 is 0. The summed E-state index contributed by atoms with van der Waals surface area (Å²) in [6.45, 7) is 10.4. The molecule has 5 nitrogen and oxygen atoms in total. The predicted octanol–water partition coefficient (Wildman–Crippen LogP) is 3.12. The first-order chi connectivity index (χ1) is 10.7. The van der Waals surface area contributed by atoms with Gasteiger partial charge in [-0.15, -0.1) is 24.0 Å². The number of hydrogen-bond donors (Lipinski definition) is 2. The van der Waals surface area contributed by atoms with Crippen LogP contribution in [-0.2, 0) is 16.4 Å². The van der Waals surface area contributed by atoms with Crippen LogP contribution in [0.3, 0.4) is 0 Å². The van der Waals surface area contributed by atoms with Crippen molar-refractivity contribution in [1.29, 1.82) is 0 Å². The minimum absolute atomic E-state index is 0. The van der Waals surface area contributed by atoms with Crippen LogP contribution in [0, 0.1) is 12.8 Å². The molecule has 7 heteroatoms. The summed E-state index contributed by atoms with van der Waals surface area (Å²) in [5.74, 6) is 1.44. The normalized spacial score (nSPS) is 12.0. The number of halogens is 1. The Bertz CT molecular complexity index is 643. The van der Waals surface area contributed by atoms with Crippen LogP contribution in [0.4, 0.5) is 0 Å². The van der Waals surface area contributed by atoms with E-state index in [1.54, 1.807) is 6.07 Å². The van der Waals surface area contributed by atoms with Crippen molar-refractivity contribution in [2.24, 2.45) is 10.9 Å². The molecule has 2 N–H and O–H groups in total. The topological polar surface area (TPSA) is 70.6 Å². The van der Waals surface area contributed by atoms with Gasteiger partial charge < -0.3 is 10.6 Å². The Morgan fingerprint density at radius 2 is 1.92 bits per heavy atom. The van der Waals surface area contributed by atoms with E-state index in [4.69, 9.17) is 0 Å². The first-order valence-electron chi connectivity index (χ1n) is 8.05. The first kappa shape index (κ1) is 23.2. The molecule has 0 bridgehead atoms. The Balaban J connectivity index is 0.00000529. The van der Waals surface area contributed by atoms with Gasteiger partial charge in [-0.05, 0) is 43.4 Å². The smallest absolute Gasteiger partial charge is 0.191 e. The predicted molar refractivity (Wildman–Crippen MR) is 112 cm³/mol. The Morgan fingerprint density at radius 1 is 1.25 bits per heavy atom. The fraction of sp³-hybridized carbons (Fsp3) is 0.588. The van der Waals surface area contributed by atoms with Gasteiger partial charge in [0.05, 0.1) is 11.4 Å². The van der Waals surface area contributed by atoms with Crippen LogP contribution < -0.4 is 10.6 Å². The molecule has 0 heterocycles. The van der Waals surface area contributed by atoms with Gasteiger partial charge in [-0.2, -0.15) is 0 Å². The number of hydrogen-bond acceptors (Lipinski definition) is 3. The summed E-state index contributed by atoms with van der Waals surface area (Å²) < 4.78 is 23.3. The SMILES string of the molecule is CCNC(=NCc1ccc(S(C)(=O)=O)c(C)c1)NCCC(C)C.I. The maximum Gasteiger partial charge on any atom is 0.191 e. The molecule has 138 valence electrons. The highest BCUT2D eigenvalue weighted by molar-refractivity contribution is 14.0. The highest BCUT2D eigenvalue weighted by atomic mass is 127. The number of benzene rings is 1. The van der Waals surface area contributed by atoms with Gasteiger partial charge in [-0.3, -0.25) is 0 Å². The zero-order valence-corrected chi connectivity index (χ0v) is 18.4. The van der Waals surface area contributed by atoms with E-state index in [0.29, 0.717) is 17.4 Å². The van der Waals surface area contributed by atoms with E-state index in [2.05, 4.69) is 29.5 Å². The summed E-state index contributed by atoms with van der Waals surface area (Å²) in [6.07, 6.45) is 2.32. The molecule has 0 aliphatic rings. The van der Waals surface area contributed by atoms with E-state index < -0.39 is 9.84 Å². The number of nitrogens with zero attached hydrogens (tertiary/aromatic N) is 1. The molecule has 1 aromatic rings. The second kappa shape index (κ2) is 10.9. The van der Waals surface area contributed by atoms with E-state index in [-0.39, 0.29) is 24.0 Å². The van der Waals surface area contributed by atoms with Gasteiger partial charge in [0.2, 0.25) is 0 Å². The van der Waals surface area contributed by atoms with Crippen molar-refractivity contribution in [3.8, 4) is 0 Å². The Hall–Kier alpha value is -0.830. The third-order valence-electron chi connectivity index (χ3n) is 3.42. The van der Waals surface area contributed by atoms with Gasteiger partial charge in [0.1, 0.15) is 0 Å². The van der Waals surface area contributed by atoms with E-state index in [0.717, 1.165) is 36.6 Å². The largest absolute Gasteiger partial charge is 0.357 e. The number of aliphatic imine (C=N–C) groups is 1. The standard InChI is InChI=1S/C17H29N3O2S.HI/c1-6-18-17(19-10-9-13(2)3)20-12-15-7-8-16(14(4)11-15)23(5,21)22;/h7-8,11,13H,6,9-10,12H2,1-5H3,(H2,18,19,20);1H. The number of sulfone groups is 1. The highest BCUT2D eigenvalue weighted by Gasteiger charge is 2.10.